The van der Waals surface area contributed by atoms with E-state index in [1.54, 1.807) is 7.05 Å². The van der Waals surface area contributed by atoms with Crippen LogP contribution >= 0.6 is 0 Å². The largest absolute Gasteiger partial charge is 0.327 e. The van der Waals surface area contributed by atoms with E-state index in [1.807, 2.05) is 28.8 Å². The molecule has 5 heteroatoms. The van der Waals surface area contributed by atoms with Gasteiger partial charge in [-0.25, -0.2) is 4.98 Å². The first-order valence-electron chi connectivity index (χ1n) is 6.18. The summed E-state index contributed by atoms with van der Waals surface area (Å²) in [6, 6.07) is 12.0. The zero-order valence-corrected chi connectivity index (χ0v) is 10.8. The van der Waals surface area contributed by atoms with Crippen LogP contribution in [0.15, 0.2) is 24.3 Å². The molecule has 1 N–H and O–H groups in total. The fraction of sp³-hybridized carbons (Fsp3) is 0.357. The number of rotatable bonds is 5. The Morgan fingerprint density at radius 3 is 2.84 bits per heavy atom. The molecule has 0 aliphatic rings. The van der Waals surface area contributed by atoms with E-state index in [-0.39, 0.29) is 12.5 Å². The highest BCUT2D eigenvalue weighted by Gasteiger charge is 2.11. The molecule has 0 fully saturated rings. The minimum atomic E-state index is -0.184. The van der Waals surface area contributed by atoms with Gasteiger partial charge < -0.3 is 9.88 Å². The van der Waals surface area contributed by atoms with Crippen molar-refractivity contribution in [3.05, 3.63) is 30.1 Å². The molecule has 0 saturated heterocycles. The van der Waals surface area contributed by atoms with Gasteiger partial charge in [0.2, 0.25) is 0 Å². The number of para-hydroxylation sites is 2. The number of fused-ring (bicyclic) bond motifs is 1. The van der Waals surface area contributed by atoms with Crippen molar-refractivity contribution in [1.82, 2.24) is 14.9 Å². The molecule has 0 amide bonds. The van der Waals surface area contributed by atoms with Crippen molar-refractivity contribution >= 4 is 11.0 Å². The summed E-state index contributed by atoms with van der Waals surface area (Å²) in [7, 11) is 1.77. The lowest BCUT2D eigenvalue weighted by Gasteiger charge is -2.10. The van der Waals surface area contributed by atoms with Crippen LogP contribution in [0.25, 0.3) is 11.0 Å². The van der Waals surface area contributed by atoms with Crippen molar-refractivity contribution in [2.24, 2.45) is 0 Å². The lowest BCUT2D eigenvalue weighted by atomic mass is 10.2. The van der Waals surface area contributed by atoms with Crippen molar-refractivity contribution < 1.29 is 0 Å². The number of nitriles is 2. The van der Waals surface area contributed by atoms with Crippen molar-refractivity contribution in [2.45, 2.75) is 25.4 Å². The average Bonchev–Trinajstić information content (AvgIpc) is 2.78. The zero-order chi connectivity index (χ0) is 13.7. The molecule has 0 saturated carbocycles. The van der Waals surface area contributed by atoms with Gasteiger partial charge in [-0.3, -0.25) is 0 Å². The number of hydrogen-bond donors (Lipinski definition) is 1. The fourth-order valence-electron chi connectivity index (χ4n) is 2.11. The van der Waals surface area contributed by atoms with Crippen LogP contribution in [-0.2, 0) is 13.0 Å². The number of aromatic nitrogens is 2. The fourth-order valence-corrected chi connectivity index (χ4v) is 2.11. The van der Waals surface area contributed by atoms with Gasteiger partial charge >= 0.3 is 0 Å². The summed E-state index contributed by atoms with van der Waals surface area (Å²) < 4.78 is 2.03. The summed E-state index contributed by atoms with van der Waals surface area (Å²) in [6.07, 6.45) is 0.969. The van der Waals surface area contributed by atoms with Crippen LogP contribution in [0.2, 0.25) is 0 Å². The number of imidazole rings is 1. The lowest BCUT2D eigenvalue weighted by molar-refractivity contribution is 0.550. The normalized spacial score (nSPS) is 11.9. The van der Waals surface area contributed by atoms with Crippen molar-refractivity contribution in [2.75, 3.05) is 7.05 Å². The van der Waals surface area contributed by atoms with Gasteiger partial charge in [0.05, 0.1) is 35.6 Å². The highest BCUT2D eigenvalue weighted by molar-refractivity contribution is 5.75. The SMILES string of the molecule is CNC(C#N)CCn1c(CC#N)nc2ccccc21. The molecule has 1 heterocycles. The third-order valence-corrected chi connectivity index (χ3v) is 3.12. The Labute approximate surface area is 112 Å². The summed E-state index contributed by atoms with van der Waals surface area (Å²) in [6.45, 7) is 0.677. The van der Waals surface area contributed by atoms with Gasteiger partial charge in [-0.1, -0.05) is 12.1 Å². The maximum atomic E-state index is 8.95. The average molecular weight is 253 g/mol. The number of benzene rings is 1. The molecule has 19 heavy (non-hydrogen) atoms. The molecule has 0 spiro atoms. The maximum Gasteiger partial charge on any atom is 0.124 e. The topological polar surface area (TPSA) is 77.4 Å². The lowest BCUT2D eigenvalue weighted by Crippen LogP contribution is -2.25. The summed E-state index contributed by atoms with van der Waals surface area (Å²) in [4.78, 5) is 4.47. The number of aryl methyl sites for hydroxylation is 1. The molecular weight excluding hydrogens is 238 g/mol. The second-order valence-electron chi connectivity index (χ2n) is 4.26. The quantitative estimate of drug-likeness (QED) is 0.878. The van der Waals surface area contributed by atoms with Crippen molar-refractivity contribution in [3.8, 4) is 12.1 Å². The standard InChI is InChI=1S/C14H15N5/c1-17-11(10-16)7-9-19-13-5-3-2-4-12(13)18-14(19)6-8-15/h2-5,11,17H,6-7,9H2,1H3. The smallest absolute Gasteiger partial charge is 0.124 e. The molecule has 2 aromatic rings. The molecule has 1 atom stereocenters. The van der Waals surface area contributed by atoms with Gasteiger partial charge in [-0.05, 0) is 25.6 Å². The number of hydrogen-bond acceptors (Lipinski definition) is 4. The molecule has 1 aromatic carbocycles. The van der Waals surface area contributed by atoms with Crippen LogP contribution in [0, 0.1) is 22.7 Å². The van der Waals surface area contributed by atoms with E-state index in [2.05, 4.69) is 22.4 Å². The molecule has 1 unspecified atom stereocenters. The first-order chi connectivity index (χ1) is 9.30. The van der Waals surface area contributed by atoms with Crippen LogP contribution in [-0.4, -0.2) is 22.6 Å². The Morgan fingerprint density at radius 2 is 2.16 bits per heavy atom. The Bertz CT molecular complexity index is 644. The van der Waals surface area contributed by atoms with Crippen molar-refractivity contribution in [3.63, 3.8) is 0 Å². The Hall–Kier alpha value is -2.37. The Balaban J connectivity index is 2.32. The second-order valence-corrected chi connectivity index (χ2v) is 4.26. The third kappa shape index (κ3) is 2.73. The van der Waals surface area contributed by atoms with Gasteiger partial charge in [-0.2, -0.15) is 10.5 Å². The summed E-state index contributed by atoms with van der Waals surface area (Å²) in [5.74, 6) is 0.761. The molecule has 5 nitrogen and oxygen atoms in total. The molecule has 1 aromatic heterocycles. The van der Waals surface area contributed by atoms with Crippen LogP contribution < -0.4 is 5.32 Å². The highest BCUT2D eigenvalue weighted by Crippen LogP contribution is 2.17. The molecular formula is C14H15N5. The van der Waals surface area contributed by atoms with E-state index in [0.717, 1.165) is 16.9 Å². The minimum Gasteiger partial charge on any atom is -0.327 e. The highest BCUT2D eigenvalue weighted by atomic mass is 15.1. The molecule has 0 radical (unpaired) electrons. The van der Waals surface area contributed by atoms with Crippen LogP contribution in [0.3, 0.4) is 0 Å². The Kier molecular flexibility index (Phi) is 4.12. The number of nitrogens with one attached hydrogen (secondary N) is 1. The van der Waals surface area contributed by atoms with E-state index in [4.69, 9.17) is 10.5 Å². The zero-order valence-electron chi connectivity index (χ0n) is 10.8. The third-order valence-electron chi connectivity index (χ3n) is 3.12. The van der Waals surface area contributed by atoms with Gasteiger partial charge in [-0.15, -0.1) is 0 Å². The summed E-state index contributed by atoms with van der Waals surface area (Å²) in [5.41, 5.74) is 1.91. The molecule has 0 aliphatic heterocycles. The van der Waals surface area contributed by atoms with Gasteiger partial charge in [0.25, 0.3) is 0 Å². The first-order valence-corrected chi connectivity index (χ1v) is 6.18. The van der Waals surface area contributed by atoms with Gasteiger partial charge in [0, 0.05) is 6.54 Å². The maximum absolute atomic E-state index is 8.95. The van der Waals surface area contributed by atoms with Crippen molar-refractivity contribution in [1.29, 1.82) is 10.5 Å². The predicted octanol–water partition coefficient (Wildman–Crippen LogP) is 1.60. The van der Waals surface area contributed by atoms with E-state index in [1.165, 1.54) is 0 Å². The Morgan fingerprint density at radius 1 is 1.37 bits per heavy atom. The van der Waals surface area contributed by atoms with E-state index in [0.29, 0.717) is 13.0 Å². The van der Waals surface area contributed by atoms with Crippen LogP contribution in [0.5, 0.6) is 0 Å². The van der Waals surface area contributed by atoms with Gasteiger partial charge in [0.1, 0.15) is 5.82 Å². The summed E-state index contributed by atoms with van der Waals surface area (Å²) >= 11 is 0. The molecule has 0 bridgehead atoms. The summed E-state index contributed by atoms with van der Waals surface area (Å²) in [5, 5.41) is 20.8. The predicted molar refractivity (Wildman–Crippen MR) is 72.1 cm³/mol. The van der Waals surface area contributed by atoms with Gasteiger partial charge in [0.15, 0.2) is 0 Å². The molecule has 96 valence electrons. The molecule has 2 rings (SSSR count). The van der Waals surface area contributed by atoms with E-state index < -0.39 is 0 Å². The second kappa shape index (κ2) is 5.99. The minimum absolute atomic E-state index is 0.184. The van der Waals surface area contributed by atoms with Crippen LogP contribution in [0.1, 0.15) is 12.2 Å². The number of nitrogens with zero attached hydrogens (tertiary/aromatic N) is 4. The first kappa shape index (κ1) is 13.1. The van der Waals surface area contributed by atoms with Crippen LogP contribution in [0.4, 0.5) is 0 Å². The monoisotopic (exact) mass is 253 g/mol. The molecule has 0 aliphatic carbocycles. The van der Waals surface area contributed by atoms with E-state index >= 15 is 0 Å². The van der Waals surface area contributed by atoms with E-state index in [9.17, 15) is 0 Å².